The molecule has 18 heavy (non-hydrogen) atoms. The second kappa shape index (κ2) is 7.01. The van der Waals surface area contributed by atoms with Gasteiger partial charge in [-0.1, -0.05) is 6.92 Å². The van der Waals surface area contributed by atoms with E-state index in [1.54, 1.807) is 0 Å². The van der Waals surface area contributed by atoms with E-state index < -0.39 is 0 Å². The molecular weight excluding hydrogens is 248 g/mol. The SMILES string of the molecule is CCOCCN1CCN(c2nc(CC)ns2)CC1. The topological polar surface area (TPSA) is 41.5 Å². The van der Waals surface area contributed by atoms with Gasteiger partial charge in [-0.25, -0.2) is 4.98 Å². The van der Waals surface area contributed by atoms with Crippen LogP contribution in [0.15, 0.2) is 0 Å². The van der Waals surface area contributed by atoms with Gasteiger partial charge in [0.25, 0.3) is 0 Å². The normalized spacial score (nSPS) is 17.3. The summed E-state index contributed by atoms with van der Waals surface area (Å²) in [7, 11) is 0. The zero-order chi connectivity index (χ0) is 12.8. The number of hydrogen-bond donors (Lipinski definition) is 0. The molecule has 1 saturated heterocycles. The molecule has 6 heteroatoms. The van der Waals surface area contributed by atoms with Crippen LogP contribution in [0.25, 0.3) is 0 Å². The maximum atomic E-state index is 5.39. The second-order valence-corrected chi connectivity index (χ2v) is 5.10. The highest BCUT2D eigenvalue weighted by molar-refractivity contribution is 7.09. The number of rotatable bonds is 6. The molecule has 1 aromatic rings. The van der Waals surface area contributed by atoms with Gasteiger partial charge in [0.05, 0.1) is 6.61 Å². The standard InChI is InChI=1S/C12H22N4OS/c1-3-11-13-12(18-14-11)16-7-5-15(6-8-16)9-10-17-4-2/h3-10H2,1-2H3. The van der Waals surface area contributed by atoms with E-state index in [9.17, 15) is 0 Å². The highest BCUT2D eigenvalue weighted by Crippen LogP contribution is 2.19. The summed E-state index contributed by atoms with van der Waals surface area (Å²) >= 11 is 1.52. The molecule has 1 aliphatic rings. The van der Waals surface area contributed by atoms with Crippen molar-refractivity contribution in [3.63, 3.8) is 0 Å². The van der Waals surface area contributed by atoms with Crippen molar-refractivity contribution in [1.82, 2.24) is 14.3 Å². The van der Waals surface area contributed by atoms with Crippen LogP contribution in [0.5, 0.6) is 0 Å². The van der Waals surface area contributed by atoms with Gasteiger partial charge >= 0.3 is 0 Å². The molecule has 0 aromatic carbocycles. The highest BCUT2D eigenvalue weighted by atomic mass is 32.1. The quantitative estimate of drug-likeness (QED) is 0.728. The van der Waals surface area contributed by atoms with Crippen molar-refractivity contribution in [2.45, 2.75) is 20.3 Å². The average molecular weight is 270 g/mol. The minimum atomic E-state index is 0.810. The van der Waals surface area contributed by atoms with E-state index in [-0.39, 0.29) is 0 Å². The number of nitrogens with zero attached hydrogens (tertiary/aromatic N) is 4. The average Bonchev–Trinajstić information content (AvgIpc) is 2.89. The lowest BCUT2D eigenvalue weighted by atomic mass is 10.3. The number of aromatic nitrogens is 2. The van der Waals surface area contributed by atoms with Crippen LogP contribution in [-0.2, 0) is 11.2 Å². The molecule has 0 N–H and O–H groups in total. The van der Waals surface area contributed by atoms with Crippen molar-refractivity contribution in [3.8, 4) is 0 Å². The Morgan fingerprint density at radius 1 is 1.22 bits per heavy atom. The third-order valence-corrected chi connectivity index (χ3v) is 3.99. The van der Waals surface area contributed by atoms with Gasteiger partial charge in [-0.3, -0.25) is 4.90 Å². The Bertz CT molecular complexity index is 350. The van der Waals surface area contributed by atoms with E-state index >= 15 is 0 Å². The molecule has 1 aromatic heterocycles. The van der Waals surface area contributed by atoms with Crippen LogP contribution in [0.1, 0.15) is 19.7 Å². The fourth-order valence-electron chi connectivity index (χ4n) is 2.02. The lowest BCUT2D eigenvalue weighted by molar-refractivity contribution is 0.111. The molecule has 0 radical (unpaired) electrons. The highest BCUT2D eigenvalue weighted by Gasteiger charge is 2.19. The van der Waals surface area contributed by atoms with Gasteiger partial charge in [0.2, 0.25) is 5.13 Å². The second-order valence-electron chi connectivity index (χ2n) is 4.37. The molecule has 0 spiro atoms. The molecule has 1 fully saturated rings. The predicted molar refractivity (Wildman–Crippen MR) is 74.4 cm³/mol. The number of ether oxygens (including phenoxy) is 1. The van der Waals surface area contributed by atoms with Gasteiger partial charge in [-0.2, -0.15) is 4.37 Å². The smallest absolute Gasteiger partial charge is 0.205 e. The van der Waals surface area contributed by atoms with Gasteiger partial charge in [0.1, 0.15) is 5.82 Å². The van der Waals surface area contributed by atoms with Crippen LogP contribution in [0.4, 0.5) is 5.13 Å². The molecule has 0 aliphatic carbocycles. The summed E-state index contributed by atoms with van der Waals surface area (Å²) in [5.41, 5.74) is 0. The molecule has 2 rings (SSSR count). The monoisotopic (exact) mass is 270 g/mol. The first kappa shape index (κ1) is 13.7. The number of piperazine rings is 1. The van der Waals surface area contributed by atoms with E-state index in [0.717, 1.165) is 63.3 Å². The summed E-state index contributed by atoms with van der Waals surface area (Å²) in [6.45, 7) is 11.1. The maximum Gasteiger partial charge on any atom is 0.205 e. The maximum absolute atomic E-state index is 5.39. The summed E-state index contributed by atoms with van der Waals surface area (Å²) in [5, 5.41) is 1.08. The van der Waals surface area contributed by atoms with Gasteiger partial charge in [0, 0.05) is 57.3 Å². The molecule has 1 aliphatic heterocycles. The molecule has 102 valence electrons. The Labute approximate surface area is 113 Å². The van der Waals surface area contributed by atoms with Crippen LogP contribution < -0.4 is 4.90 Å². The zero-order valence-electron chi connectivity index (χ0n) is 11.3. The van der Waals surface area contributed by atoms with Crippen molar-refractivity contribution in [3.05, 3.63) is 5.82 Å². The molecule has 5 nitrogen and oxygen atoms in total. The lowest BCUT2D eigenvalue weighted by Gasteiger charge is -2.34. The zero-order valence-corrected chi connectivity index (χ0v) is 12.1. The van der Waals surface area contributed by atoms with Gasteiger partial charge in [-0.15, -0.1) is 0 Å². The van der Waals surface area contributed by atoms with Crippen molar-refractivity contribution in [1.29, 1.82) is 0 Å². The summed E-state index contributed by atoms with van der Waals surface area (Å²) in [6.07, 6.45) is 0.921. The Kier molecular flexibility index (Phi) is 5.34. The van der Waals surface area contributed by atoms with Crippen molar-refractivity contribution in [2.75, 3.05) is 50.8 Å². The molecule has 0 bridgehead atoms. The first-order chi connectivity index (χ1) is 8.83. The van der Waals surface area contributed by atoms with Gasteiger partial charge < -0.3 is 9.64 Å². The van der Waals surface area contributed by atoms with Crippen LogP contribution in [0.2, 0.25) is 0 Å². The van der Waals surface area contributed by atoms with E-state index in [2.05, 4.69) is 26.1 Å². The first-order valence-corrected chi connectivity index (χ1v) is 7.48. The Morgan fingerprint density at radius 3 is 2.61 bits per heavy atom. The van der Waals surface area contributed by atoms with E-state index in [4.69, 9.17) is 4.74 Å². The van der Waals surface area contributed by atoms with Crippen LogP contribution in [0.3, 0.4) is 0 Å². The minimum Gasteiger partial charge on any atom is -0.380 e. The van der Waals surface area contributed by atoms with Gasteiger partial charge in [0.15, 0.2) is 0 Å². The van der Waals surface area contributed by atoms with Crippen molar-refractivity contribution < 1.29 is 4.74 Å². The summed E-state index contributed by atoms with van der Waals surface area (Å²) in [4.78, 5) is 9.34. The summed E-state index contributed by atoms with van der Waals surface area (Å²) in [6, 6.07) is 0. The fourth-order valence-corrected chi connectivity index (χ4v) is 2.82. The van der Waals surface area contributed by atoms with Crippen molar-refractivity contribution >= 4 is 16.7 Å². The molecule has 0 unspecified atom stereocenters. The number of hydrogen-bond acceptors (Lipinski definition) is 6. The lowest BCUT2D eigenvalue weighted by Crippen LogP contribution is -2.47. The predicted octanol–water partition coefficient (Wildman–Crippen LogP) is 1.26. The fraction of sp³-hybridized carbons (Fsp3) is 0.833. The third-order valence-electron chi connectivity index (χ3n) is 3.17. The first-order valence-electron chi connectivity index (χ1n) is 6.71. The Balaban J connectivity index is 1.75. The number of aryl methyl sites for hydroxylation is 1. The van der Waals surface area contributed by atoms with E-state index in [1.807, 2.05) is 6.92 Å². The molecular formula is C12H22N4OS. The van der Waals surface area contributed by atoms with Crippen LogP contribution in [-0.4, -0.2) is 60.2 Å². The Hall–Kier alpha value is -0.720. The van der Waals surface area contributed by atoms with Crippen LogP contribution >= 0.6 is 11.5 Å². The summed E-state index contributed by atoms with van der Waals surface area (Å²) in [5.74, 6) is 0.966. The molecule has 0 amide bonds. The van der Waals surface area contributed by atoms with Crippen molar-refractivity contribution in [2.24, 2.45) is 0 Å². The molecule has 0 saturated carbocycles. The Morgan fingerprint density at radius 2 is 2.00 bits per heavy atom. The summed E-state index contributed by atoms with van der Waals surface area (Å²) < 4.78 is 9.73. The largest absolute Gasteiger partial charge is 0.380 e. The third kappa shape index (κ3) is 3.63. The van der Waals surface area contributed by atoms with E-state index in [0.29, 0.717) is 0 Å². The number of anilines is 1. The van der Waals surface area contributed by atoms with Gasteiger partial charge in [-0.05, 0) is 6.92 Å². The minimum absolute atomic E-state index is 0.810. The van der Waals surface area contributed by atoms with Crippen LogP contribution in [0, 0.1) is 0 Å². The molecule has 0 atom stereocenters. The molecule has 2 heterocycles. The van der Waals surface area contributed by atoms with E-state index in [1.165, 1.54) is 11.5 Å².